The van der Waals surface area contributed by atoms with Gasteiger partial charge in [0.1, 0.15) is 17.3 Å². The lowest BCUT2D eigenvalue weighted by atomic mass is 10.1. The molecule has 0 aliphatic carbocycles. The zero-order chi connectivity index (χ0) is 21.1. The number of piperazine rings is 1. The molecule has 0 bridgehead atoms. The summed E-state index contributed by atoms with van der Waals surface area (Å²) in [6.45, 7) is 4.62. The number of benzene rings is 1. The van der Waals surface area contributed by atoms with Gasteiger partial charge in [-0.05, 0) is 38.1 Å². The van der Waals surface area contributed by atoms with Crippen LogP contribution in [0.2, 0.25) is 5.02 Å². The second-order valence-electron chi connectivity index (χ2n) is 6.81. The predicted molar refractivity (Wildman–Crippen MR) is 104 cm³/mol. The van der Waals surface area contributed by atoms with Gasteiger partial charge < -0.3 is 19.5 Å². The average molecular weight is 422 g/mol. The Hall–Kier alpha value is -2.87. The van der Waals surface area contributed by atoms with E-state index >= 15 is 0 Å². The van der Waals surface area contributed by atoms with Crippen LogP contribution in [0, 0.1) is 19.7 Å². The van der Waals surface area contributed by atoms with E-state index in [0.717, 1.165) is 6.07 Å². The third kappa shape index (κ3) is 4.76. The van der Waals surface area contributed by atoms with E-state index in [0.29, 0.717) is 43.3 Å². The number of hydrogen-bond acceptors (Lipinski definition) is 4. The van der Waals surface area contributed by atoms with E-state index in [1.54, 1.807) is 29.7 Å². The van der Waals surface area contributed by atoms with Crippen LogP contribution in [0.1, 0.15) is 32.2 Å². The highest BCUT2D eigenvalue weighted by Gasteiger charge is 2.26. The Labute approximate surface area is 172 Å². The summed E-state index contributed by atoms with van der Waals surface area (Å²) in [5.41, 5.74) is 0.632. The van der Waals surface area contributed by atoms with Gasteiger partial charge >= 0.3 is 0 Å². The molecule has 3 rings (SSSR count). The van der Waals surface area contributed by atoms with Gasteiger partial charge in [-0.2, -0.15) is 0 Å². The number of rotatable bonds is 4. The van der Waals surface area contributed by atoms with Crippen molar-refractivity contribution >= 4 is 29.3 Å². The molecule has 3 amide bonds. The van der Waals surface area contributed by atoms with Crippen LogP contribution >= 0.6 is 11.6 Å². The number of halogens is 2. The van der Waals surface area contributed by atoms with E-state index < -0.39 is 5.82 Å². The van der Waals surface area contributed by atoms with Crippen molar-refractivity contribution in [2.75, 3.05) is 32.7 Å². The van der Waals surface area contributed by atoms with Crippen LogP contribution in [0.4, 0.5) is 4.39 Å². The smallest absolute Gasteiger partial charge is 0.255 e. The first kappa shape index (κ1) is 20.9. The van der Waals surface area contributed by atoms with Gasteiger partial charge in [0.15, 0.2) is 0 Å². The van der Waals surface area contributed by atoms with Gasteiger partial charge in [-0.1, -0.05) is 11.6 Å². The van der Waals surface area contributed by atoms with E-state index in [1.165, 1.54) is 12.1 Å². The Morgan fingerprint density at radius 1 is 1.07 bits per heavy atom. The number of carbonyl (C=O) groups excluding carboxylic acids is 3. The molecule has 1 fully saturated rings. The summed E-state index contributed by atoms with van der Waals surface area (Å²) in [5.74, 6) is -0.290. The van der Waals surface area contributed by atoms with E-state index in [1.807, 2.05) is 0 Å². The lowest BCUT2D eigenvalue weighted by Gasteiger charge is -2.35. The highest BCUT2D eigenvalue weighted by atomic mass is 35.5. The van der Waals surface area contributed by atoms with E-state index in [-0.39, 0.29) is 34.9 Å². The monoisotopic (exact) mass is 421 g/mol. The molecule has 2 aromatic rings. The van der Waals surface area contributed by atoms with Crippen molar-refractivity contribution in [2.24, 2.45) is 0 Å². The highest BCUT2D eigenvalue weighted by Crippen LogP contribution is 2.20. The van der Waals surface area contributed by atoms with Gasteiger partial charge in [-0.3, -0.25) is 14.4 Å². The first-order valence-corrected chi connectivity index (χ1v) is 9.51. The van der Waals surface area contributed by atoms with Crippen LogP contribution in [0.5, 0.6) is 0 Å². The zero-order valence-electron chi connectivity index (χ0n) is 16.1. The topological polar surface area (TPSA) is 82.9 Å². The van der Waals surface area contributed by atoms with Gasteiger partial charge in [0, 0.05) is 26.2 Å². The van der Waals surface area contributed by atoms with Gasteiger partial charge in [-0.15, -0.1) is 0 Å². The second-order valence-corrected chi connectivity index (χ2v) is 7.21. The summed E-state index contributed by atoms with van der Waals surface area (Å²) in [6, 6.07) is 5.26. The molecule has 0 radical (unpaired) electrons. The van der Waals surface area contributed by atoms with Crippen molar-refractivity contribution in [2.45, 2.75) is 13.8 Å². The second kappa shape index (κ2) is 8.65. The fourth-order valence-electron chi connectivity index (χ4n) is 3.21. The third-order valence-electron chi connectivity index (χ3n) is 4.77. The van der Waals surface area contributed by atoms with Gasteiger partial charge in [0.2, 0.25) is 5.91 Å². The molecule has 1 aromatic heterocycles. The Morgan fingerprint density at radius 2 is 1.72 bits per heavy atom. The average Bonchev–Trinajstić information content (AvgIpc) is 3.03. The van der Waals surface area contributed by atoms with Crippen LogP contribution in [0.15, 0.2) is 28.7 Å². The number of furan rings is 1. The zero-order valence-corrected chi connectivity index (χ0v) is 16.9. The van der Waals surface area contributed by atoms with Crippen LogP contribution in [-0.2, 0) is 4.79 Å². The highest BCUT2D eigenvalue weighted by molar-refractivity contribution is 6.33. The fourth-order valence-corrected chi connectivity index (χ4v) is 3.46. The Bertz CT molecular complexity index is 951. The molecular formula is C20H21ClFN3O4. The molecule has 0 atom stereocenters. The van der Waals surface area contributed by atoms with Crippen LogP contribution in [0.25, 0.3) is 0 Å². The van der Waals surface area contributed by atoms with E-state index in [4.69, 9.17) is 16.0 Å². The quantitative estimate of drug-likeness (QED) is 0.821. The lowest BCUT2D eigenvalue weighted by Crippen LogP contribution is -2.52. The minimum absolute atomic E-state index is 0.0565. The summed E-state index contributed by atoms with van der Waals surface area (Å²) < 4.78 is 18.5. The van der Waals surface area contributed by atoms with Crippen LogP contribution in [-0.4, -0.2) is 60.2 Å². The summed E-state index contributed by atoms with van der Waals surface area (Å²) in [5, 5.41) is 2.66. The molecule has 1 saturated heterocycles. The van der Waals surface area contributed by atoms with Gasteiger partial charge in [0.05, 0.1) is 22.7 Å². The normalized spacial score (nSPS) is 14.1. The largest absolute Gasteiger partial charge is 0.466 e. The van der Waals surface area contributed by atoms with Crippen molar-refractivity contribution in [1.29, 1.82) is 0 Å². The molecule has 0 spiro atoms. The molecule has 7 nitrogen and oxygen atoms in total. The Balaban J connectivity index is 1.51. The van der Waals surface area contributed by atoms with Gasteiger partial charge in [-0.25, -0.2) is 4.39 Å². The molecule has 0 saturated carbocycles. The van der Waals surface area contributed by atoms with Crippen molar-refractivity contribution < 1.29 is 23.2 Å². The first-order valence-electron chi connectivity index (χ1n) is 9.13. The van der Waals surface area contributed by atoms with Crippen LogP contribution < -0.4 is 5.32 Å². The number of hydrogen-bond donors (Lipinski definition) is 1. The number of amides is 3. The molecular weight excluding hydrogens is 401 g/mol. The van der Waals surface area contributed by atoms with E-state index in [2.05, 4.69) is 5.32 Å². The minimum Gasteiger partial charge on any atom is -0.466 e. The Kier molecular flexibility index (Phi) is 6.22. The maximum Gasteiger partial charge on any atom is 0.255 e. The molecule has 1 N–H and O–H groups in total. The summed E-state index contributed by atoms with van der Waals surface area (Å²) in [6.07, 6.45) is 0. The minimum atomic E-state index is -0.509. The van der Waals surface area contributed by atoms with Crippen molar-refractivity contribution in [3.05, 3.63) is 57.8 Å². The van der Waals surface area contributed by atoms with Crippen molar-refractivity contribution in [1.82, 2.24) is 15.1 Å². The standard InChI is InChI=1S/C20H21ClFN3O4/c1-12-9-16(13(2)29-12)19(27)23-11-18(26)24-5-7-25(8-6-24)20(28)15-4-3-14(22)10-17(15)21/h3-4,9-10H,5-8,11H2,1-2H3,(H,23,27). The van der Waals surface area contributed by atoms with Crippen LogP contribution in [0.3, 0.4) is 0 Å². The number of nitrogens with one attached hydrogen (secondary N) is 1. The summed E-state index contributed by atoms with van der Waals surface area (Å²) in [7, 11) is 0. The Morgan fingerprint density at radius 3 is 2.31 bits per heavy atom. The van der Waals surface area contributed by atoms with E-state index in [9.17, 15) is 18.8 Å². The molecule has 1 aliphatic heterocycles. The number of nitrogens with zero attached hydrogens (tertiary/aromatic N) is 2. The molecule has 1 aromatic carbocycles. The first-order chi connectivity index (χ1) is 13.8. The summed E-state index contributed by atoms with van der Waals surface area (Å²) >= 11 is 5.96. The van der Waals surface area contributed by atoms with Crippen molar-refractivity contribution in [3.8, 4) is 0 Å². The maximum atomic E-state index is 13.2. The maximum absolute atomic E-state index is 13.2. The third-order valence-corrected chi connectivity index (χ3v) is 5.08. The molecule has 154 valence electrons. The molecule has 1 aliphatic rings. The summed E-state index contributed by atoms with van der Waals surface area (Å²) in [4.78, 5) is 40.3. The molecule has 9 heteroatoms. The van der Waals surface area contributed by atoms with Crippen molar-refractivity contribution in [3.63, 3.8) is 0 Å². The fraction of sp³-hybridized carbons (Fsp3) is 0.350. The molecule has 0 unspecified atom stereocenters. The number of carbonyl (C=O) groups is 3. The number of aryl methyl sites for hydroxylation is 2. The van der Waals surface area contributed by atoms with Gasteiger partial charge in [0.25, 0.3) is 11.8 Å². The SMILES string of the molecule is Cc1cc(C(=O)NCC(=O)N2CCN(C(=O)c3ccc(F)cc3Cl)CC2)c(C)o1. The molecule has 2 heterocycles. The molecule has 29 heavy (non-hydrogen) atoms. The lowest BCUT2D eigenvalue weighted by molar-refractivity contribution is -0.131. The predicted octanol–water partition coefficient (Wildman–Crippen LogP) is 2.40.